The highest BCUT2D eigenvalue weighted by Crippen LogP contribution is 2.20. The molecule has 0 aliphatic heterocycles. The van der Waals surface area contributed by atoms with E-state index in [1.165, 1.54) is 5.39 Å². The van der Waals surface area contributed by atoms with Crippen molar-refractivity contribution < 1.29 is 0 Å². The van der Waals surface area contributed by atoms with Crippen molar-refractivity contribution in [1.29, 1.82) is 0 Å². The molecule has 19 heavy (non-hydrogen) atoms. The second-order valence-electron chi connectivity index (χ2n) is 4.46. The summed E-state index contributed by atoms with van der Waals surface area (Å²) in [5.41, 5.74) is 2.18. The molecule has 0 radical (unpaired) electrons. The highest BCUT2D eigenvalue weighted by Gasteiger charge is 2.00. The molecular weight excluding hydrogens is 236 g/mol. The lowest BCUT2D eigenvalue weighted by atomic mass is 10.2. The van der Waals surface area contributed by atoms with Crippen LogP contribution in [-0.2, 0) is 6.54 Å². The zero-order valence-electron chi connectivity index (χ0n) is 10.7. The Morgan fingerprint density at radius 1 is 1.11 bits per heavy atom. The van der Waals surface area contributed by atoms with Gasteiger partial charge in [-0.05, 0) is 18.6 Å². The fraction of sp³-hybridized carbons (Fsp3) is 0.200. The van der Waals surface area contributed by atoms with Crippen LogP contribution in [0, 0.1) is 0 Å². The van der Waals surface area contributed by atoms with E-state index in [0.717, 1.165) is 30.7 Å². The molecule has 3 aromatic rings. The smallest absolute Gasteiger partial charge is 0.0945 e. The van der Waals surface area contributed by atoms with Crippen molar-refractivity contribution in [3.63, 3.8) is 0 Å². The Morgan fingerprint density at radius 2 is 2.05 bits per heavy atom. The molecule has 0 bridgehead atoms. The van der Waals surface area contributed by atoms with E-state index in [9.17, 15) is 0 Å². The Labute approximate surface area is 112 Å². The van der Waals surface area contributed by atoms with Crippen LogP contribution < -0.4 is 5.32 Å². The maximum Gasteiger partial charge on any atom is 0.0945 e. The van der Waals surface area contributed by atoms with Gasteiger partial charge in [0, 0.05) is 42.8 Å². The highest BCUT2D eigenvalue weighted by molar-refractivity contribution is 5.90. The number of fused-ring (bicyclic) bond motifs is 1. The summed E-state index contributed by atoms with van der Waals surface area (Å²) in [6, 6.07) is 10.2. The second-order valence-corrected chi connectivity index (χ2v) is 4.46. The van der Waals surface area contributed by atoms with Gasteiger partial charge in [-0.25, -0.2) is 4.98 Å². The van der Waals surface area contributed by atoms with Crippen molar-refractivity contribution in [2.24, 2.45) is 0 Å². The number of hydrogen-bond donors (Lipinski definition) is 1. The van der Waals surface area contributed by atoms with Gasteiger partial charge in [-0.1, -0.05) is 18.2 Å². The first kappa shape index (κ1) is 11.7. The summed E-state index contributed by atoms with van der Waals surface area (Å²) in [5, 5.41) is 4.65. The van der Waals surface area contributed by atoms with Gasteiger partial charge in [-0.3, -0.25) is 4.98 Å². The third-order valence-corrected chi connectivity index (χ3v) is 3.12. The van der Waals surface area contributed by atoms with E-state index in [1.807, 2.05) is 49.2 Å². The first-order chi connectivity index (χ1) is 9.43. The first-order valence-corrected chi connectivity index (χ1v) is 6.47. The van der Waals surface area contributed by atoms with E-state index in [4.69, 9.17) is 0 Å². The number of nitrogens with one attached hydrogen (secondary N) is 1. The molecule has 4 heteroatoms. The molecule has 4 nitrogen and oxygen atoms in total. The first-order valence-electron chi connectivity index (χ1n) is 6.47. The van der Waals surface area contributed by atoms with Crippen LogP contribution in [0.2, 0.25) is 0 Å². The normalized spacial score (nSPS) is 10.7. The Balaban J connectivity index is 1.62. The zero-order chi connectivity index (χ0) is 12.9. The van der Waals surface area contributed by atoms with Crippen molar-refractivity contribution >= 4 is 16.6 Å². The van der Waals surface area contributed by atoms with Crippen LogP contribution in [0.4, 0.5) is 5.69 Å². The summed E-state index contributed by atoms with van der Waals surface area (Å²) in [6.07, 6.45) is 8.56. The number of aromatic nitrogens is 3. The number of nitrogens with zero attached hydrogens (tertiary/aromatic N) is 3. The van der Waals surface area contributed by atoms with Crippen molar-refractivity contribution in [2.45, 2.75) is 13.0 Å². The number of aryl methyl sites for hydroxylation is 1. The molecule has 0 aliphatic rings. The molecule has 2 aromatic heterocycles. The minimum atomic E-state index is 0.937. The summed E-state index contributed by atoms with van der Waals surface area (Å²) in [4.78, 5) is 8.39. The van der Waals surface area contributed by atoms with Gasteiger partial charge >= 0.3 is 0 Å². The average Bonchev–Trinajstić information content (AvgIpc) is 2.97. The molecule has 0 saturated carbocycles. The standard InChI is InChI=1S/C15H16N4/c1-2-5-14-13(4-1)15(6-8-18-14)17-7-3-10-19-11-9-16-12-19/h1-2,4-6,8-9,11-12H,3,7,10H2,(H,17,18). The molecule has 0 amide bonds. The number of benzene rings is 1. The molecule has 3 rings (SSSR count). The summed E-state index contributed by atoms with van der Waals surface area (Å²) < 4.78 is 2.09. The topological polar surface area (TPSA) is 42.7 Å². The van der Waals surface area contributed by atoms with Crippen molar-refractivity contribution in [3.05, 3.63) is 55.2 Å². The molecule has 0 saturated heterocycles. The minimum absolute atomic E-state index is 0.937. The largest absolute Gasteiger partial charge is 0.384 e. The maximum absolute atomic E-state index is 4.36. The fourth-order valence-corrected chi connectivity index (χ4v) is 2.15. The summed E-state index contributed by atoms with van der Waals surface area (Å²) >= 11 is 0. The van der Waals surface area contributed by atoms with Gasteiger partial charge in [-0.2, -0.15) is 0 Å². The lowest BCUT2D eigenvalue weighted by molar-refractivity contribution is 0.661. The van der Waals surface area contributed by atoms with Crippen LogP contribution in [0.3, 0.4) is 0 Å². The Kier molecular flexibility index (Phi) is 3.40. The van der Waals surface area contributed by atoms with E-state index in [-0.39, 0.29) is 0 Å². The van der Waals surface area contributed by atoms with Gasteiger partial charge in [0.1, 0.15) is 0 Å². The second kappa shape index (κ2) is 5.52. The zero-order valence-corrected chi connectivity index (χ0v) is 10.7. The molecule has 0 fully saturated rings. The van der Waals surface area contributed by atoms with Crippen LogP contribution in [0.5, 0.6) is 0 Å². The average molecular weight is 252 g/mol. The molecule has 2 heterocycles. The van der Waals surface area contributed by atoms with Crippen LogP contribution in [-0.4, -0.2) is 21.1 Å². The minimum Gasteiger partial charge on any atom is -0.384 e. The lowest BCUT2D eigenvalue weighted by Gasteiger charge is -2.09. The Bertz CT molecular complexity index is 641. The van der Waals surface area contributed by atoms with Crippen LogP contribution in [0.15, 0.2) is 55.2 Å². The Morgan fingerprint density at radius 3 is 2.95 bits per heavy atom. The van der Waals surface area contributed by atoms with Gasteiger partial charge in [0.05, 0.1) is 11.8 Å². The van der Waals surface area contributed by atoms with Gasteiger partial charge < -0.3 is 9.88 Å². The molecule has 96 valence electrons. The van der Waals surface area contributed by atoms with E-state index in [2.05, 4.69) is 25.9 Å². The Hall–Kier alpha value is -2.36. The van der Waals surface area contributed by atoms with Crippen molar-refractivity contribution in [3.8, 4) is 0 Å². The molecule has 0 unspecified atom stereocenters. The van der Waals surface area contributed by atoms with Crippen molar-refractivity contribution in [1.82, 2.24) is 14.5 Å². The highest BCUT2D eigenvalue weighted by atomic mass is 15.0. The third-order valence-electron chi connectivity index (χ3n) is 3.12. The molecule has 0 aliphatic carbocycles. The summed E-state index contributed by atoms with van der Waals surface area (Å²) in [7, 11) is 0. The van der Waals surface area contributed by atoms with Gasteiger partial charge in [0.15, 0.2) is 0 Å². The predicted octanol–water partition coefficient (Wildman–Crippen LogP) is 2.93. The number of hydrogen-bond acceptors (Lipinski definition) is 3. The van der Waals surface area contributed by atoms with E-state index in [0.29, 0.717) is 0 Å². The lowest BCUT2D eigenvalue weighted by Crippen LogP contribution is -2.06. The third kappa shape index (κ3) is 2.73. The number of anilines is 1. The van der Waals surface area contributed by atoms with E-state index < -0.39 is 0 Å². The molecule has 1 aromatic carbocycles. The van der Waals surface area contributed by atoms with Crippen molar-refractivity contribution in [2.75, 3.05) is 11.9 Å². The van der Waals surface area contributed by atoms with Gasteiger partial charge in [0.25, 0.3) is 0 Å². The summed E-state index contributed by atoms with van der Waals surface area (Å²) in [5.74, 6) is 0. The van der Waals surface area contributed by atoms with E-state index in [1.54, 1.807) is 0 Å². The quantitative estimate of drug-likeness (QED) is 0.710. The fourth-order valence-electron chi connectivity index (χ4n) is 2.15. The van der Waals surface area contributed by atoms with Crippen LogP contribution in [0.1, 0.15) is 6.42 Å². The molecule has 0 atom stereocenters. The number of imidazole rings is 1. The van der Waals surface area contributed by atoms with Crippen LogP contribution >= 0.6 is 0 Å². The predicted molar refractivity (Wildman–Crippen MR) is 77.1 cm³/mol. The number of pyridine rings is 1. The van der Waals surface area contributed by atoms with E-state index >= 15 is 0 Å². The molecule has 0 spiro atoms. The summed E-state index contributed by atoms with van der Waals surface area (Å²) in [6.45, 7) is 1.92. The van der Waals surface area contributed by atoms with Gasteiger partial charge in [0.2, 0.25) is 0 Å². The number of para-hydroxylation sites is 1. The number of rotatable bonds is 5. The van der Waals surface area contributed by atoms with Gasteiger partial charge in [-0.15, -0.1) is 0 Å². The molecular formula is C15H16N4. The van der Waals surface area contributed by atoms with Crippen LogP contribution in [0.25, 0.3) is 10.9 Å². The monoisotopic (exact) mass is 252 g/mol. The maximum atomic E-state index is 4.36. The SMILES string of the molecule is c1ccc2c(NCCCn3ccnc3)ccnc2c1. The molecule has 1 N–H and O–H groups in total.